The highest BCUT2D eigenvalue weighted by molar-refractivity contribution is 5.88. The molecule has 0 saturated carbocycles. The summed E-state index contributed by atoms with van der Waals surface area (Å²) in [5.41, 5.74) is 4.16. The van der Waals surface area contributed by atoms with E-state index < -0.39 is 24.1 Å². The Morgan fingerprint density at radius 2 is 1.89 bits per heavy atom. The van der Waals surface area contributed by atoms with E-state index in [9.17, 15) is 14.4 Å². The number of alkyl carbamates (subject to hydrolysis) is 1. The average molecular weight is 506 g/mol. The molecule has 1 fully saturated rings. The van der Waals surface area contributed by atoms with Crippen molar-refractivity contribution < 1.29 is 39.5 Å². The van der Waals surface area contributed by atoms with Crippen molar-refractivity contribution in [2.45, 2.75) is 56.8 Å². The second-order valence-corrected chi connectivity index (χ2v) is 9.44. The molecule has 0 radical (unpaired) electrons. The van der Waals surface area contributed by atoms with E-state index in [0.717, 1.165) is 32.2 Å². The summed E-state index contributed by atoms with van der Waals surface area (Å²) in [6.07, 6.45) is 1.56. The number of aliphatic carboxylic acids is 2. The van der Waals surface area contributed by atoms with Crippen LogP contribution in [0.4, 0.5) is 4.79 Å². The molecule has 198 valence electrons. The number of amides is 1. The third kappa shape index (κ3) is 6.34. The topological polar surface area (TPSA) is 172 Å². The Labute approximate surface area is 209 Å². The third-order valence-electron chi connectivity index (χ3n) is 6.88. The standard InChI is InChI=1S/C21H29N3O2.C4H6O6/c1-3-4-8-26-21(25)23-11-14-9-17-16-6-5-7-18-20(16)15(12-22-18)10-19(17)24(2)13-14;5-1(3(7)8)2(6)4(9)10/h5-7,12,14,17,19,22H,3-4,8-11,13H2,1-2H3,(H,23,25);1-2,5-6H,(H,7,8)(H,9,10)/t14-,17?,19+;/m0./s1. The maximum atomic E-state index is 11.9. The first-order valence-electron chi connectivity index (χ1n) is 12.1. The Morgan fingerprint density at radius 3 is 2.53 bits per heavy atom. The highest BCUT2D eigenvalue weighted by Gasteiger charge is 2.39. The third-order valence-corrected chi connectivity index (χ3v) is 6.88. The van der Waals surface area contributed by atoms with Gasteiger partial charge in [-0.05, 0) is 49.4 Å². The highest BCUT2D eigenvalue weighted by atomic mass is 16.5. The molecule has 4 rings (SSSR count). The molecule has 1 aromatic heterocycles. The molecule has 1 aliphatic heterocycles. The molecule has 5 atom stereocenters. The Morgan fingerprint density at radius 1 is 1.19 bits per heavy atom. The van der Waals surface area contributed by atoms with E-state index in [2.05, 4.69) is 53.6 Å². The lowest BCUT2D eigenvalue weighted by Gasteiger charge is -2.45. The molecule has 11 heteroatoms. The van der Waals surface area contributed by atoms with Crippen molar-refractivity contribution in [2.75, 3.05) is 26.7 Å². The Hall–Kier alpha value is -3.15. The number of unbranched alkanes of at least 4 members (excludes halogenated alkanes) is 1. The number of carbonyl (C=O) groups excluding carboxylic acids is 1. The first-order valence-corrected chi connectivity index (χ1v) is 12.1. The molecule has 0 spiro atoms. The van der Waals surface area contributed by atoms with Gasteiger partial charge in [0.05, 0.1) is 6.61 Å². The lowest BCUT2D eigenvalue weighted by Crippen LogP contribution is -2.50. The van der Waals surface area contributed by atoms with Crippen LogP contribution in [0.5, 0.6) is 0 Å². The van der Waals surface area contributed by atoms with Gasteiger partial charge in [0.1, 0.15) is 0 Å². The zero-order chi connectivity index (χ0) is 26.4. The maximum absolute atomic E-state index is 11.9. The van der Waals surface area contributed by atoms with E-state index in [1.807, 2.05) is 0 Å². The fourth-order valence-electron chi connectivity index (χ4n) is 5.06. The first kappa shape index (κ1) is 27.4. The summed E-state index contributed by atoms with van der Waals surface area (Å²) in [6, 6.07) is 7.17. The van der Waals surface area contributed by atoms with Crippen LogP contribution >= 0.6 is 0 Å². The summed E-state index contributed by atoms with van der Waals surface area (Å²) in [6.45, 7) is 4.31. The van der Waals surface area contributed by atoms with E-state index in [1.54, 1.807) is 0 Å². The summed E-state index contributed by atoms with van der Waals surface area (Å²) in [5.74, 6) is -2.55. The average Bonchev–Trinajstić information content (AvgIpc) is 3.27. The number of likely N-dealkylation sites (tertiary alicyclic amines) is 1. The second kappa shape index (κ2) is 12.2. The molecule has 6 N–H and O–H groups in total. The molecular formula is C25H35N3O8. The minimum absolute atomic E-state index is 0.276. The first-order chi connectivity index (χ1) is 17.1. The molecule has 1 saturated heterocycles. The molecule has 11 nitrogen and oxygen atoms in total. The minimum Gasteiger partial charge on any atom is -0.479 e. The second-order valence-electron chi connectivity index (χ2n) is 9.44. The Kier molecular flexibility index (Phi) is 9.30. The number of aromatic nitrogens is 1. The number of hydrogen-bond acceptors (Lipinski definition) is 7. The van der Waals surface area contributed by atoms with Gasteiger partial charge in [-0.3, -0.25) is 0 Å². The van der Waals surface area contributed by atoms with Gasteiger partial charge in [0.25, 0.3) is 0 Å². The number of carboxylic acids is 2. The number of aliphatic hydroxyl groups excluding tert-OH is 2. The van der Waals surface area contributed by atoms with Gasteiger partial charge in [-0.25, -0.2) is 14.4 Å². The minimum atomic E-state index is -2.27. The normalized spacial score (nSPS) is 22.5. The number of fused-ring (bicyclic) bond motifs is 2. The van der Waals surface area contributed by atoms with Crippen LogP contribution in [0.3, 0.4) is 0 Å². The fraction of sp³-hybridized carbons (Fsp3) is 0.560. The van der Waals surface area contributed by atoms with Crippen LogP contribution in [0.1, 0.15) is 43.2 Å². The number of carbonyl (C=O) groups is 3. The number of nitrogens with one attached hydrogen (secondary N) is 2. The quantitative estimate of drug-likeness (QED) is 0.291. The summed E-state index contributed by atoms with van der Waals surface area (Å²) in [5, 5.41) is 36.9. The highest BCUT2D eigenvalue weighted by Crippen LogP contribution is 2.44. The van der Waals surface area contributed by atoms with Crippen molar-refractivity contribution in [3.05, 3.63) is 35.5 Å². The van der Waals surface area contributed by atoms with Crippen molar-refractivity contribution in [1.29, 1.82) is 0 Å². The van der Waals surface area contributed by atoms with Crippen LogP contribution in [-0.2, 0) is 20.7 Å². The number of aliphatic hydroxyl groups is 2. The number of H-pyrrole nitrogens is 1. The van der Waals surface area contributed by atoms with E-state index in [-0.39, 0.29) is 6.09 Å². The molecule has 2 heterocycles. The number of benzene rings is 1. The Balaban J connectivity index is 0.000000308. The van der Waals surface area contributed by atoms with E-state index in [1.165, 1.54) is 22.0 Å². The fourth-order valence-corrected chi connectivity index (χ4v) is 5.06. The molecule has 1 amide bonds. The summed E-state index contributed by atoms with van der Waals surface area (Å²) >= 11 is 0. The van der Waals surface area contributed by atoms with E-state index in [4.69, 9.17) is 25.2 Å². The molecule has 0 bridgehead atoms. The van der Waals surface area contributed by atoms with Crippen LogP contribution in [0, 0.1) is 5.92 Å². The van der Waals surface area contributed by atoms with Gasteiger partial charge in [-0.15, -0.1) is 0 Å². The molecule has 2 aromatic rings. The van der Waals surface area contributed by atoms with Crippen molar-refractivity contribution in [1.82, 2.24) is 15.2 Å². The van der Waals surface area contributed by atoms with Crippen LogP contribution < -0.4 is 5.32 Å². The van der Waals surface area contributed by atoms with Gasteiger partial charge in [0, 0.05) is 42.1 Å². The van der Waals surface area contributed by atoms with Gasteiger partial charge < -0.3 is 40.4 Å². The van der Waals surface area contributed by atoms with Crippen molar-refractivity contribution in [3.8, 4) is 0 Å². The van der Waals surface area contributed by atoms with Crippen LogP contribution in [-0.4, -0.2) is 93.3 Å². The maximum Gasteiger partial charge on any atom is 0.407 e. The number of hydrogen-bond donors (Lipinski definition) is 6. The van der Waals surface area contributed by atoms with Crippen LogP contribution in [0.2, 0.25) is 0 Å². The predicted octanol–water partition coefficient (Wildman–Crippen LogP) is 1.53. The molecule has 1 aromatic carbocycles. The number of nitrogens with zero attached hydrogens (tertiary/aromatic N) is 1. The van der Waals surface area contributed by atoms with Crippen LogP contribution in [0.25, 0.3) is 10.9 Å². The molecule has 36 heavy (non-hydrogen) atoms. The number of piperidine rings is 1. The lowest BCUT2D eigenvalue weighted by atomic mass is 9.72. The van der Waals surface area contributed by atoms with E-state index >= 15 is 0 Å². The SMILES string of the molecule is CCCCOC(=O)NC[C@@H]1CC2c3cccc4[nH]cc(c34)C[C@H]2N(C)C1.O=C(O)C(O)C(O)C(=O)O. The van der Waals surface area contributed by atoms with Crippen molar-refractivity contribution in [3.63, 3.8) is 0 Å². The number of aromatic amines is 1. The molecule has 2 aliphatic rings. The smallest absolute Gasteiger partial charge is 0.407 e. The number of carboxylic acid groups (broad SMARTS) is 2. The van der Waals surface area contributed by atoms with E-state index in [0.29, 0.717) is 31.0 Å². The Bertz CT molecular complexity index is 1050. The van der Waals surface area contributed by atoms with Crippen molar-refractivity contribution >= 4 is 28.9 Å². The summed E-state index contributed by atoms with van der Waals surface area (Å²) < 4.78 is 5.22. The molecular weight excluding hydrogens is 470 g/mol. The predicted molar refractivity (Wildman–Crippen MR) is 131 cm³/mol. The molecule has 3 unspecified atom stereocenters. The van der Waals surface area contributed by atoms with Gasteiger partial charge in [0.15, 0.2) is 12.2 Å². The van der Waals surface area contributed by atoms with Gasteiger partial charge in [-0.2, -0.15) is 0 Å². The zero-order valence-electron chi connectivity index (χ0n) is 20.5. The number of likely N-dealkylation sites (N-methyl/N-ethyl adjacent to an activating group) is 1. The van der Waals surface area contributed by atoms with Crippen LogP contribution in [0.15, 0.2) is 24.4 Å². The van der Waals surface area contributed by atoms with Gasteiger partial charge >= 0.3 is 18.0 Å². The lowest BCUT2D eigenvalue weighted by molar-refractivity contribution is -0.165. The summed E-state index contributed by atoms with van der Waals surface area (Å²) in [4.78, 5) is 37.3. The summed E-state index contributed by atoms with van der Waals surface area (Å²) in [7, 11) is 2.22. The monoisotopic (exact) mass is 505 g/mol. The van der Waals surface area contributed by atoms with Gasteiger partial charge in [-0.1, -0.05) is 25.5 Å². The van der Waals surface area contributed by atoms with Crippen molar-refractivity contribution in [2.24, 2.45) is 5.92 Å². The van der Waals surface area contributed by atoms with Gasteiger partial charge in [0.2, 0.25) is 0 Å². The zero-order valence-corrected chi connectivity index (χ0v) is 20.5. The number of ether oxygens (including phenoxy) is 1. The molecule has 1 aliphatic carbocycles. The largest absolute Gasteiger partial charge is 0.479 e. The number of rotatable bonds is 8.